The number of hydrogen-bond acceptors (Lipinski definition) is 7. The van der Waals surface area contributed by atoms with Crippen molar-refractivity contribution in [1.82, 2.24) is 20.2 Å². The van der Waals surface area contributed by atoms with E-state index in [9.17, 15) is 14.5 Å². The zero-order chi connectivity index (χ0) is 21.4. The maximum Gasteiger partial charge on any atom is 0.270 e. The van der Waals surface area contributed by atoms with Crippen molar-refractivity contribution in [3.63, 3.8) is 0 Å². The number of pyridine rings is 2. The summed E-state index contributed by atoms with van der Waals surface area (Å²) in [6.45, 7) is 0. The predicted octanol–water partition coefficient (Wildman–Crippen LogP) is 5.06. The van der Waals surface area contributed by atoms with Gasteiger partial charge >= 0.3 is 0 Å². The molecule has 0 saturated carbocycles. The summed E-state index contributed by atoms with van der Waals surface area (Å²) in [6, 6.07) is 17.2. The molecule has 0 unspecified atom stereocenters. The summed E-state index contributed by atoms with van der Waals surface area (Å²) in [5, 5.41) is 20.2. The lowest BCUT2D eigenvalue weighted by molar-refractivity contribution is -0.384. The Bertz CT molecular complexity index is 1430. The highest BCUT2D eigenvalue weighted by Gasteiger charge is 2.19. The fourth-order valence-corrected chi connectivity index (χ4v) is 3.20. The Labute approximate surface area is 174 Å². The molecular weight excluding hydrogens is 401 g/mol. The predicted molar refractivity (Wildman–Crippen MR) is 110 cm³/mol. The first-order chi connectivity index (χ1) is 15.1. The Morgan fingerprint density at radius 3 is 2.52 bits per heavy atom. The van der Waals surface area contributed by atoms with Gasteiger partial charge in [-0.25, -0.2) is 14.4 Å². The van der Waals surface area contributed by atoms with E-state index in [-0.39, 0.29) is 23.3 Å². The highest BCUT2D eigenvalue weighted by Crippen LogP contribution is 2.34. The molecule has 3 aromatic heterocycles. The zero-order valence-electron chi connectivity index (χ0n) is 15.8. The van der Waals surface area contributed by atoms with Crippen LogP contribution in [0.5, 0.6) is 0 Å². The van der Waals surface area contributed by atoms with E-state index in [0.29, 0.717) is 28.0 Å². The van der Waals surface area contributed by atoms with Crippen LogP contribution in [0.15, 0.2) is 77.3 Å². The monoisotopic (exact) mass is 413 g/mol. The molecule has 150 valence electrons. The van der Waals surface area contributed by atoms with E-state index in [1.165, 1.54) is 36.4 Å². The van der Waals surface area contributed by atoms with Crippen molar-refractivity contribution >= 4 is 16.7 Å². The van der Waals surface area contributed by atoms with Gasteiger partial charge in [0.2, 0.25) is 11.8 Å². The van der Waals surface area contributed by atoms with Gasteiger partial charge in [0.25, 0.3) is 5.69 Å². The van der Waals surface area contributed by atoms with Gasteiger partial charge in [-0.2, -0.15) is 0 Å². The molecule has 0 aliphatic heterocycles. The van der Waals surface area contributed by atoms with Gasteiger partial charge in [0.05, 0.1) is 16.2 Å². The lowest BCUT2D eigenvalue weighted by Crippen LogP contribution is -1.94. The third-order valence-corrected chi connectivity index (χ3v) is 4.67. The molecule has 9 heteroatoms. The summed E-state index contributed by atoms with van der Waals surface area (Å²) >= 11 is 0. The number of benzene rings is 2. The molecule has 5 rings (SSSR count). The normalized spacial score (nSPS) is 11.0. The number of nitro groups is 1. The third kappa shape index (κ3) is 3.48. The average molecular weight is 413 g/mol. The standard InChI is InChI=1S/C22H12FN5O3/c23-16-8-6-13(7-9-16)21-26-27-22(31-21)18-12-15-4-2-10-24-20(15)25-19(18)14-3-1-5-17(11-14)28(29)30/h1-12H. The Morgan fingerprint density at radius 1 is 0.903 bits per heavy atom. The van der Waals surface area contributed by atoms with Crippen LogP contribution in [0.1, 0.15) is 0 Å². The number of fused-ring (bicyclic) bond motifs is 1. The SMILES string of the molecule is O=[N+]([O-])c1cccc(-c2nc3ncccc3cc2-c2nnc(-c3ccc(F)cc3)o2)c1. The molecule has 0 aliphatic carbocycles. The number of aromatic nitrogens is 4. The second kappa shape index (κ2) is 7.38. The van der Waals surface area contributed by atoms with Crippen molar-refractivity contribution in [2.24, 2.45) is 0 Å². The molecule has 0 radical (unpaired) electrons. The van der Waals surface area contributed by atoms with Crippen molar-refractivity contribution in [3.05, 3.63) is 88.9 Å². The van der Waals surface area contributed by atoms with Crippen LogP contribution in [0, 0.1) is 15.9 Å². The molecule has 0 aliphatic rings. The molecule has 0 saturated heterocycles. The van der Waals surface area contributed by atoms with Crippen molar-refractivity contribution in [2.75, 3.05) is 0 Å². The number of nitro benzene ring substituents is 1. The maximum atomic E-state index is 13.2. The molecule has 2 aromatic carbocycles. The van der Waals surface area contributed by atoms with E-state index >= 15 is 0 Å². The number of non-ortho nitro benzene ring substituents is 1. The van der Waals surface area contributed by atoms with E-state index in [0.717, 1.165) is 5.39 Å². The van der Waals surface area contributed by atoms with Gasteiger partial charge in [0.15, 0.2) is 5.65 Å². The van der Waals surface area contributed by atoms with Crippen LogP contribution in [-0.4, -0.2) is 25.1 Å². The molecular formula is C22H12FN5O3. The third-order valence-electron chi connectivity index (χ3n) is 4.67. The fraction of sp³-hybridized carbons (Fsp3) is 0. The van der Waals surface area contributed by atoms with E-state index in [4.69, 9.17) is 4.42 Å². The summed E-state index contributed by atoms with van der Waals surface area (Å²) in [6.07, 6.45) is 1.62. The van der Waals surface area contributed by atoms with Crippen molar-refractivity contribution < 1.29 is 13.7 Å². The van der Waals surface area contributed by atoms with Crippen molar-refractivity contribution in [2.45, 2.75) is 0 Å². The Kier molecular flexibility index (Phi) is 4.40. The van der Waals surface area contributed by atoms with Gasteiger partial charge in [-0.15, -0.1) is 10.2 Å². The fourth-order valence-electron chi connectivity index (χ4n) is 3.20. The molecule has 3 heterocycles. The average Bonchev–Trinajstić information content (AvgIpc) is 3.29. The van der Waals surface area contributed by atoms with E-state index in [1.807, 2.05) is 6.07 Å². The molecule has 0 atom stereocenters. The van der Waals surface area contributed by atoms with Crippen LogP contribution in [0.3, 0.4) is 0 Å². The van der Waals surface area contributed by atoms with E-state index in [1.54, 1.807) is 30.5 Å². The zero-order valence-corrected chi connectivity index (χ0v) is 15.8. The van der Waals surface area contributed by atoms with Gasteiger partial charge in [0, 0.05) is 34.8 Å². The van der Waals surface area contributed by atoms with Crippen LogP contribution in [0.4, 0.5) is 10.1 Å². The maximum absolute atomic E-state index is 13.2. The minimum atomic E-state index is -0.470. The van der Waals surface area contributed by atoms with Crippen LogP contribution in [0.25, 0.3) is 45.2 Å². The molecule has 8 nitrogen and oxygen atoms in total. The van der Waals surface area contributed by atoms with Crippen LogP contribution < -0.4 is 0 Å². The van der Waals surface area contributed by atoms with Gasteiger partial charge in [-0.3, -0.25) is 10.1 Å². The lowest BCUT2D eigenvalue weighted by atomic mass is 10.0. The largest absolute Gasteiger partial charge is 0.416 e. The second-order valence-electron chi connectivity index (χ2n) is 6.66. The first-order valence-electron chi connectivity index (χ1n) is 9.19. The topological polar surface area (TPSA) is 108 Å². The highest BCUT2D eigenvalue weighted by atomic mass is 19.1. The summed E-state index contributed by atoms with van der Waals surface area (Å²) in [5.74, 6) is 0.0213. The molecule has 0 amide bonds. The van der Waals surface area contributed by atoms with Crippen LogP contribution in [0.2, 0.25) is 0 Å². The Hall–Kier alpha value is -4.53. The Morgan fingerprint density at radius 2 is 1.71 bits per heavy atom. The molecule has 5 aromatic rings. The molecule has 31 heavy (non-hydrogen) atoms. The Balaban J connectivity index is 1.69. The minimum absolute atomic E-state index is 0.0658. The number of rotatable bonds is 4. The number of hydrogen-bond donors (Lipinski definition) is 0. The first kappa shape index (κ1) is 18.5. The highest BCUT2D eigenvalue weighted by molar-refractivity contribution is 5.88. The van der Waals surface area contributed by atoms with Gasteiger partial charge in [-0.05, 0) is 42.5 Å². The molecule has 0 fully saturated rings. The smallest absolute Gasteiger partial charge is 0.270 e. The summed E-state index contributed by atoms with van der Waals surface area (Å²) in [7, 11) is 0. The summed E-state index contributed by atoms with van der Waals surface area (Å²) < 4.78 is 19.1. The van der Waals surface area contributed by atoms with Gasteiger partial charge < -0.3 is 4.42 Å². The van der Waals surface area contributed by atoms with E-state index < -0.39 is 4.92 Å². The number of nitrogens with zero attached hydrogens (tertiary/aromatic N) is 5. The summed E-state index contributed by atoms with van der Waals surface area (Å²) in [5.41, 5.74) is 2.41. The second-order valence-corrected chi connectivity index (χ2v) is 6.66. The van der Waals surface area contributed by atoms with Crippen molar-refractivity contribution in [3.8, 4) is 34.2 Å². The quantitative estimate of drug-likeness (QED) is 0.299. The van der Waals surface area contributed by atoms with Gasteiger partial charge in [0.1, 0.15) is 5.82 Å². The van der Waals surface area contributed by atoms with E-state index in [2.05, 4.69) is 20.2 Å². The summed E-state index contributed by atoms with van der Waals surface area (Å²) in [4.78, 5) is 19.6. The van der Waals surface area contributed by atoms with Crippen LogP contribution in [-0.2, 0) is 0 Å². The molecule has 0 bridgehead atoms. The van der Waals surface area contributed by atoms with Crippen LogP contribution >= 0.6 is 0 Å². The molecule has 0 N–H and O–H groups in total. The first-order valence-corrected chi connectivity index (χ1v) is 9.19. The van der Waals surface area contributed by atoms with Gasteiger partial charge in [-0.1, -0.05) is 12.1 Å². The van der Waals surface area contributed by atoms with Crippen molar-refractivity contribution in [1.29, 1.82) is 0 Å². The number of halogens is 1. The lowest BCUT2D eigenvalue weighted by Gasteiger charge is -2.08. The molecule has 0 spiro atoms. The minimum Gasteiger partial charge on any atom is -0.416 e.